The number of hydrogen-bond donors (Lipinski definition) is 0. The fraction of sp³-hybridized carbons (Fsp3) is 0.667. The summed E-state index contributed by atoms with van der Waals surface area (Å²) in [7, 11) is 0. The second kappa shape index (κ2) is 3.30. The highest BCUT2D eigenvalue weighted by atomic mass is 16.5. The van der Waals surface area contributed by atoms with Gasteiger partial charge >= 0.3 is 0 Å². The van der Waals surface area contributed by atoms with Crippen LogP contribution in [0.2, 0.25) is 0 Å². The molecular formula is C12H20O. The van der Waals surface area contributed by atoms with Crippen molar-refractivity contribution in [1.82, 2.24) is 0 Å². The van der Waals surface area contributed by atoms with Crippen molar-refractivity contribution in [1.29, 1.82) is 0 Å². The molecular weight excluding hydrogens is 160 g/mol. The molecule has 1 aliphatic rings. The van der Waals surface area contributed by atoms with Crippen molar-refractivity contribution in [3.8, 4) is 0 Å². The van der Waals surface area contributed by atoms with Gasteiger partial charge < -0.3 is 4.74 Å². The van der Waals surface area contributed by atoms with Crippen molar-refractivity contribution in [3.05, 3.63) is 25.3 Å². The summed E-state index contributed by atoms with van der Waals surface area (Å²) in [5.41, 5.74) is -0.0499. The van der Waals surface area contributed by atoms with E-state index in [1.807, 2.05) is 12.2 Å². The van der Waals surface area contributed by atoms with Gasteiger partial charge in [0, 0.05) is 5.41 Å². The van der Waals surface area contributed by atoms with Gasteiger partial charge in [0.1, 0.15) is 0 Å². The van der Waals surface area contributed by atoms with Crippen LogP contribution in [0.5, 0.6) is 0 Å². The molecule has 0 amide bonds. The van der Waals surface area contributed by atoms with Gasteiger partial charge in [0.15, 0.2) is 0 Å². The Morgan fingerprint density at radius 3 is 2.46 bits per heavy atom. The third kappa shape index (κ3) is 2.02. The molecule has 74 valence electrons. The van der Waals surface area contributed by atoms with Gasteiger partial charge in [-0.25, -0.2) is 0 Å². The van der Waals surface area contributed by atoms with Crippen molar-refractivity contribution in [2.45, 2.75) is 45.3 Å². The van der Waals surface area contributed by atoms with Crippen LogP contribution in [0.15, 0.2) is 25.3 Å². The highest BCUT2D eigenvalue weighted by Gasteiger charge is 2.39. The van der Waals surface area contributed by atoms with Crippen LogP contribution < -0.4 is 0 Å². The van der Waals surface area contributed by atoms with E-state index in [0.29, 0.717) is 0 Å². The largest absolute Gasteiger partial charge is 0.367 e. The molecule has 1 saturated heterocycles. The first-order valence-corrected chi connectivity index (χ1v) is 4.88. The standard InChI is InChI=1S/C12H20O/c1-6-11(3,4)10-8-9-12(5,7-2)13-10/h6-7,10H,1-2,8-9H2,3-5H3/t10-,12-/m1/s1. The Kier molecular flexibility index (Phi) is 2.67. The van der Waals surface area contributed by atoms with Crippen LogP contribution in [0.1, 0.15) is 33.6 Å². The van der Waals surface area contributed by atoms with Crippen LogP contribution in [0, 0.1) is 5.41 Å². The molecule has 1 fully saturated rings. The van der Waals surface area contributed by atoms with Crippen LogP contribution in [0.25, 0.3) is 0 Å². The Bertz CT molecular complexity index is 217. The van der Waals surface area contributed by atoms with Gasteiger partial charge in [0.05, 0.1) is 11.7 Å². The van der Waals surface area contributed by atoms with Gasteiger partial charge in [-0.3, -0.25) is 0 Å². The molecule has 13 heavy (non-hydrogen) atoms. The molecule has 1 heterocycles. The summed E-state index contributed by atoms with van der Waals surface area (Å²) >= 11 is 0. The Morgan fingerprint density at radius 2 is 2.08 bits per heavy atom. The van der Waals surface area contributed by atoms with E-state index in [2.05, 4.69) is 33.9 Å². The molecule has 1 aliphatic heterocycles. The van der Waals surface area contributed by atoms with Crippen LogP contribution in [-0.2, 0) is 4.74 Å². The van der Waals surface area contributed by atoms with E-state index in [1.165, 1.54) is 0 Å². The monoisotopic (exact) mass is 180 g/mol. The molecule has 0 aliphatic carbocycles. The number of ether oxygens (including phenoxy) is 1. The minimum atomic E-state index is -0.120. The molecule has 1 heteroatoms. The zero-order chi connectivity index (χ0) is 10.1. The van der Waals surface area contributed by atoms with Gasteiger partial charge in [-0.15, -0.1) is 13.2 Å². The van der Waals surface area contributed by atoms with E-state index < -0.39 is 0 Å². The highest BCUT2D eigenvalue weighted by molar-refractivity contribution is 5.04. The van der Waals surface area contributed by atoms with Crippen molar-refractivity contribution >= 4 is 0 Å². The van der Waals surface area contributed by atoms with Crippen molar-refractivity contribution in [2.75, 3.05) is 0 Å². The zero-order valence-electron chi connectivity index (χ0n) is 8.97. The summed E-state index contributed by atoms with van der Waals surface area (Å²) in [5.74, 6) is 0. The summed E-state index contributed by atoms with van der Waals surface area (Å²) in [6.07, 6.45) is 6.34. The van der Waals surface area contributed by atoms with E-state index >= 15 is 0 Å². The molecule has 0 saturated carbocycles. The van der Waals surface area contributed by atoms with E-state index in [4.69, 9.17) is 4.74 Å². The summed E-state index contributed by atoms with van der Waals surface area (Å²) in [6.45, 7) is 14.1. The molecule has 2 atom stereocenters. The van der Waals surface area contributed by atoms with E-state index in [1.54, 1.807) is 0 Å². The van der Waals surface area contributed by atoms with Gasteiger partial charge in [-0.2, -0.15) is 0 Å². The maximum absolute atomic E-state index is 5.96. The van der Waals surface area contributed by atoms with E-state index in [9.17, 15) is 0 Å². The molecule has 0 aromatic carbocycles. The normalized spacial score (nSPS) is 34.5. The smallest absolute Gasteiger partial charge is 0.0837 e. The summed E-state index contributed by atoms with van der Waals surface area (Å²) in [5, 5.41) is 0. The predicted octanol–water partition coefficient (Wildman–Crippen LogP) is 3.32. The predicted molar refractivity (Wildman–Crippen MR) is 56.7 cm³/mol. The average molecular weight is 180 g/mol. The van der Waals surface area contributed by atoms with Gasteiger partial charge in [0.25, 0.3) is 0 Å². The maximum Gasteiger partial charge on any atom is 0.0837 e. The molecule has 0 spiro atoms. The third-order valence-electron chi connectivity index (χ3n) is 3.10. The van der Waals surface area contributed by atoms with E-state index in [-0.39, 0.29) is 17.1 Å². The summed E-state index contributed by atoms with van der Waals surface area (Å²) in [6, 6.07) is 0. The minimum absolute atomic E-state index is 0.0702. The SMILES string of the molecule is C=CC(C)(C)[C@H]1CC[C@@](C)(C=C)O1. The minimum Gasteiger partial charge on any atom is -0.367 e. The fourth-order valence-electron chi connectivity index (χ4n) is 1.67. The van der Waals surface area contributed by atoms with Crippen molar-refractivity contribution in [2.24, 2.45) is 5.41 Å². The molecule has 1 nitrogen and oxygen atoms in total. The molecule has 1 rings (SSSR count). The Balaban J connectivity index is 2.69. The zero-order valence-corrected chi connectivity index (χ0v) is 8.97. The highest BCUT2D eigenvalue weighted by Crippen LogP contribution is 2.39. The second-order valence-corrected chi connectivity index (χ2v) is 4.69. The first kappa shape index (κ1) is 10.5. The molecule has 0 unspecified atom stereocenters. The second-order valence-electron chi connectivity index (χ2n) is 4.69. The number of rotatable bonds is 3. The van der Waals surface area contributed by atoms with Crippen LogP contribution in [0.4, 0.5) is 0 Å². The Hall–Kier alpha value is -0.560. The van der Waals surface area contributed by atoms with Crippen molar-refractivity contribution < 1.29 is 4.74 Å². The lowest BCUT2D eigenvalue weighted by atomic mass is 9.85. The topological polar surface area (TPSA) is 9.23 Å². The fourth-order valence-corrected chi connectivity index (χ4v) is 1.67. The van der Waals surface area contributed by atoms with Crippen LogP contribution >= 0.6 is 0 Å². The molecule has 0 aromatic heterocycles. The van der Waals surface area contributed by atoms with E-state index in [0.717, 1.165) is 12.8 Å². The first-order chi connectivity index (χ1) is 5.93. The lowest BCUT2D eigenvalue weighted by Gasteiger charge is -2.30. The van der Waals surface area contributed by atoms with Crippen LogP contribution in [-0.4, -0.2) is 11.7 Å². The maximum atomic E-state index is 5.96. The third-order valence-corrected chi connectivity index (χ3v) is 3.10. The van der Waals surface area contributed by atoms with Crippen molar-refractivity contribution in [3.63, 3.8) is 0 Å². The van der Waals surface area contributed by atoms with Crippen LogP contribution in [0.3, 0.4) is 0 Å². The molecule has 0 bridgehead atoms. The lowest BCUT2D eigenvalue weighted by molar-refractivity contribution is -0.0361. The summed E-state index contributed by atoms with van der Waals surface area (Å²) in [4.78, 5) is 0. The van der Waals surface area contributed by atoms with Gasteiger partial charge in [0.2, 0.25) is 0 Å². The summed E-state index contributed by atoms with van der Waals surface area (Å²) < 4.78 is 5.96. The lowest BCUT2D eigenvalue weighted by Crippen LogP contribution is -2.30. The molecule has 0 radical (unpaired) electrons. The molecule has 0 aromatic rings. The Morgan fingerprint density at radius 1 is 1.46 bits per heavy atom. The van der Waals surface area contributed by atoms with Gasteiger partial charge in [-0.05, 0) is 19.8 Å². The van der Waals surface area contributed by atoms with Gasteiger partial charge in [-0.1, -0.05) is 26.0 Å². The first-order valence-electron chi connectivity index (χ1n) is 4.88. The molecule has 0 N–H and O–H groups in total. The Labute approximate surface area is 81.5 Å². The average Bonchev–Trinajstić information content (AvgIpc) is 2.50. The number of hydrogen-bond acceptors (Lipinski definition) is 1. The quantitative estimate of drug-likeness (QED) is 0.605.